The number of benzene rings is 2. The van der Waals surface area contributed by atoms with E-state index < -0.39 is 0 Å². The summed E-state index contributed by atoms with van der Waals surface area (Å²) in [5, 5.41) is 0. The first-order valence-electron chi connectivity index (χ1n) is 8.57. The second-order valence-corrected chi connectivity index (χ2v) is 6.68. The van der Waals surface area contributed by atoms with Crippen molar-refractivity contribution in [3.05, 3.63) is 65.2 Å². The van der Waals surface area contributed by atoms with Crippen LogP contribution < -0.4 is 10.5 Å². The van der Waals surface area contributed by atoms with Crippen molar-refractivity contribution in [2.24, 2.45) is 5.73 Å². The van der Waals surface area contributed by atoms with Gasteiger partial charge in [0.25, 0.3) is 0 Å². The number of rotatable bonds is 4. The van der Waals surface area contributed by atoms with Crippen molar-refractivity contribution in [3.63, 3.8) is 0 Å². The van der Waals surface area contributed by atoms with Crippen LogP contribution >= 0.6 is 0 Å². The van der Waals surface area contributed by atoms with Crippen LogP contribution in [0.1, 0.15) is 33.8 Å². The Balaban J connectivity index is 1.72. The molecule has 2 aromatic carbocycles. The molecular weight excluding hydrogens is 300 g/mol. The monoisotopic (exact) mass is 322 g/mol. The van der Waals surface area contributed by atoms with E-state index in [0.717, 1.165) is 30.8 Å². The molecule has 0 bridgehead atoms. The fourth-order valence-electron chi connectivity index (χ4n) is 3.77. The largest absolute Gasteiger partial charge is 0.492 e. The highest BCUT2D eigenvalue weighted by Crippen LogP contribution is 2.39. The van der Waals surface area contributed by atoms with Crippen LogP contribution in [0.4, 0.5) is 0 Å². The van der Waals surface area contributed by atoms with E-state index in [2.05, 4.69) is 29.2 Å². The van der Waals surface area contributed by atoms with E-state index in [1.807, 2.05) is 18.2 Å². The van der Waals surface area contributed by atoms with Gasteiger partial charge in [0.15, 0.2) is 0 Å². The van der Waals surface area contributed by atoms with Gasteiger partial charge >= 0.3 is 0 Å². The van der Waals surface area contributed by atoms with Gasteiger partial charge in [0.05, 0.1) is 6.04 Å². The molecule has 2 heterocycles. The Morgan fingerprint density at radius 2 is 1.96 bits per heavy atom. The maximum atomic E-state index is 11.6. The lowest BCUT2D eigenvalue weighted by atomic mass is 9.81. The van der Waals surface area contributed by atoms with E-state index in [0.29, 0.717) is 24.1 Å². The van der Waals surface area contributed by atoms with Crippen molar-refractivity contribution >= 4 is 5.91 Å². The Labute approximate surface area is 142 Å². The molecule has 4 rings (SSSR count). The lowest BCUT2D eigenvalue weighted by molar-refractivity contribution is 0.0501. The maximum absolute atomic E-state index is 11.6. The predicted molar refractivity (Wildman–Crippen MR) is 93.3 cm³/mol. The van der Waals surface area contributed by atoms with Gasteiger partial charge in [0.1, 0.15) is 12.4 Å². The molecule has 1 amide bonds. The molecule has 0 spiro atoms. The third-order valence-electron chi connectivity index (χ3n) is 5.23. The summed E-state index contributed by atoms with van der Waals surface area (Å²) >= 11 is 0. The summed E-state index contributed by atoms with van der Waals surface area (Å²) in [5.74, 6) is 0.816. The number of carbonyl (C=O) groups excluding carboxylic acids is 1. The van der Waals surface area contributed by atoms with Crippen LogP contribution in [-0.2, 0) is 6.42 Å². The fraction of sp³-hybridized carbons (Fsp3) is 0.350. The summed E-state index contributed by atoms with van der Waals surface area (Å²) in [5.41, 5.74) is 8.46. The van der Waals surface area contributed by atoms with Crippen molar-refractivity contribution in [3.8, 4) is 5.75 Å². The van der Waals surface area contributed by atoms with Crippen LogP contribution in [-0.4, -0.2) is 36.5 Å². The molecule has 124 valence electrons. The quantitative estimate of drug-likeness (QED) is 0.941. The number of fused-ring (bicyclic) bond motifs is 1. The van der Waals surface area contributed by atoms with E-state index in [4.69, 9.17) is 10.5 Å². The predicted octanol–water partition coefficient (Wildman–Crippen LogP) is 2.58. The van der Waals surface area contributed by atoms with Crippen LogP contribution in [0.25, 0.3) is 0 Å². The number of carbonyl (C=O) groups is 1. The molecular formula is C20H22N2O2. The van der Waals surface area contributed by atoms with Crippen LogP contribution in [0.2, 0.25) is 0 Å². The molecule has 2 aliphatic rings. The molecule has 1 saturated heterocycles. The summed E-state index contributed by atoms with van der Waals surface area (Å²) in [6, 6.07) is 16.5. The lowest BCUT2D eigenvalue weighted by Crippen LogP contribution is -2.52. The number of ether oxygens (including phenoxy) is 1. The van der Waals surface area contributed by atoms with Gasteiger partial charge in [-0.2, -0.15) is 0 Å². The molecule has 4 heteroatoms. The zero-order chi connectivity index (χ0) is 16.5. The first-order valence-corrected chi connectivity index (χ1v) is 8.57. The minimum absolute atomic E-state index is 0.316. The summed E-state index contributed by atoms with van der Waals surface area (Å²) < 4.78 is 6.00. The minimum atomic E-state index is -0.387. The average molecular weight is 322 g/mol. The van der Waals surface area contributed by atoms with Gasteiger partial charge in [-0.3, -0.25) is 9.69 Å². The zero-order valence-corrected chi connectivity index (χ0v) is 13.7. The SMILES string of the molecule is NC(=O)c1ccc2c(c1)C(Cc1ccccc1)C(N1CCC1)CO2. The summed E-state index contributed by atoms with van der Waals surface area (Å²) in [7, 11) is 0. The lowest BCUT2D eigenvalue weighted by Gasteiger charge is -2.45. The minimum Gasteiger partial charge on any atom is -0.492 e. The number of hydrogen-bond acceptors (Lipinski definition) is 3. The highest BCUT2D eigenvalue weighted by atomic mass is 16.5. The Morgan fingerprint density at radius 1 is 1.17 bits per heavy atom. The molecule has 0 aromatic heterocycles. The third-order valence-corrected chi connectivity index (χ3v) is 5.23. The van der Waals surface area contributed by atoms with Gasteiger partial charge in [0.2, 0.25) is 5.91 Å². The fourth-order valence-corrected chi connectivity index (χ4v) is 3.77. The second kappa shape index (κ2) is 6.29. The smallest absolute Gasteiger partial charge is 0.248 e. The standard InChI is InChI=1S/C20H22N2O2/c21-20(23)15-7-8-19-17(12-15)16(11-14-5-2-1-3-6-14)18(13-24-19)22-9-4-10-22/h1-3,5-8,12,16,18H,4,9-11,13H2,(H2,21,23). The Bertz CT molecular complexity index is 741. The number of likely N-dealkylation sites (tertiary alicyclic amines) is 1. The molecule has 0 aliphatic carbocycles. The number of primary amides is 1. The number of nitrogens with two attached hydrogens (primary N) is 1. The number of amides is 1. The zero-order valence-electron chi connectivity index (χ0n) is 13.7. The molecule has 1 fully saturated rings. The number of hydrogen-bond donors (Lipinski definition) is 1. The highest BCUT2D eigenvalue weighted by molar-refractivity contribution is 5.93. The Kier molecular flexibility index (Phi) is 3.98. The average Bonchev–Trinajstić information content (AvgIpc) is 2.55. The van der Waals surface area contributed by atoms with Gasteiger partial charge in [-0.1, -0.05) is 30.3 Å². The van der Waals surface area contributed by atoms with E-state index >= 15 is 0 Å². The van der Waals surface area contributed by atoms with Gasteiger partial charge in [0, 0.05) is 17.0 Å². The van der Waals surface area contributed by atoms with Gasteiger partial charge in [-0.15, -0.1) is 0 Å². The van der Waals surface area contributed by atoms with Crippen molar-refractivity contribution < 1.29 is 9.53 Å². The molecule has 2 N–H and O–H groups in total. The van der Waals surface area contributed by atoms with Gasteiger partial charge < -0.3 is 10.5 Å². The summed E-state index contributed by atoms with van der Waals surface area (Å²) in [4.78, 5) is 14.1. The highest BCUT2D eigenvalue weighted by Gasteiger charge is 2.37. The summed E-state index contributed by atoms with van der Waals surface area (Å²) in [6.07, 6.45) is 2.20. The topological polar surface area (TPSA) is 55.6 Å². The summed E-state index contributed by atoms with van der Waals surface area (Å²) in [6.45, 7) is 2.97. The van der Waals surface area contributed by atoms with E-state index in [9.17, 15) is 4.79 Å². The van der Waals surface area contributed by atoms with E-state index in [-0.39, 0.29) is 5.91 Å². The van der Waals surface area contributed by atoms with Crippen molar-refractivity contribution in [2.75, 3.05) is 19.7 Å². The van der Waals surface area contributed by atoms with Crippen molar-refractivity contribution in [1.29, 1.82) is 0 Å². The molecule has 2 aliphatic heterocycles. The van der Waals surface area contributed by atoms with Crippen LogP contribution in [0.3, 0.4) is 0 Å². The first kappa shape index (κ1) is 15.2. The normalized spacial score (nSPS) is 23.0. The molecule has 0 saturated carbocycles. The van der Waals surface area contributed by atoms with Crippen LogP contribution in [0.15, 0.2) is 48.5 Å². The molecule has 0 radical (unpaired) electrons. The molecule has 2 atom stereocenters. The van der Waals surface area contributed by atoms with E-state index in [1.165, 1.54) is 12.0 Å². The third kappa shape index (κ3) is 2.78. The van der Waals surface area contributed by atoms with Crippen molar-refractivity contribution in [1.82, 2.24) is 4.90 Å². The molecule has 2 unspecified atom stereocenters. The van der Waals surface area contributed by atoms with Crippen LogP contribution in [0.5, 0.6) is 5.75 Å². The first-order chi connectivity index (χ1) is 11.7. The number of nitrogens with zero attached hydrogens (tertiary/aromatic N) is 1. The molecule has 24 heavy (non-hydrogen) atoms. The maximum Gasteiger partial charge on any atom is 0.248 e. The van der Waals surface area contributed by atoms with Gasteiger partial charge in [-0.25, -0.2) is 0 Å². The second-order valence-electron chi connectivity index (χ2n) is 6.68. The Hall–Kier alpha value is -2.33. The van der Waals surface area contributed by atoms with Crippen LogP contribution in [0, 0.1) is 0 Å². The molecule has 4 nitrogen and oxygen atoms in total. The Morgan fingerprint density at radius 3 is 2.62 bits per heavy atom. The van der Waals surface area contributed by atoms with Crippen molar-refractivity contribution in [2.45, 2.75) is 24.8 Å². The molecule has 2 aromatic rings. The van der Waals surface area contributed by atoms with E-state index in [1.54, 1.807) is 6.07 Å². The van der Waals surface area contributed by atoms with Gasteiger partial charge in [-0.05, 0) is 49.7 Å².